The smallest absolute Gasteiger partial charge is 0.0200 e. The summed E-state index contributed by atoms with van der Waals surface area (Å²) in [5.41, 5.74) is 8.08. The average Bonchev–Trinajstić information content (AvgIpc) is 2.21. The maximum atomic E-state index is 6.23. The van der Waals surface area contributed by atoms with Crippen LogP contribution in [0.3, 0.4) is 0 Å². The van der Waals surface area contributed by atoms with E-state index in [-0.39, 0.29) is 5.54 Å². The number of nitrogens with two attached hydrogens (primary N) is 1. The zero-order valence-electron chi connectivity index (χ0n) is 7.27. The normalized spacial score (nSPS) is 42.4. The molecule has 0 amide bonds. The molecule has 0 aliphatic heterocycles. The third-order valence-electron chi connectivity index (χ3n) is 3.28. The van der Waals surface area contributed by atoms with Crippen molar-refractivity contribution in [2.24, 2.45) is 11.7 Å². The van der Waals surface area contributed by atoms with Crippen LogP contribution in [0, 0.1) is 5.92 Å². The van der Waals surface area contributed by atoms with Crippen molar-refractivity contribution in [1.82, 2.24) is 0 Å². The Morgan fingerprint density at radius 3 is 3.18 bits per heavy atom. The van der Waals surface area contributed by atoms with E-state index >= 15 is 0 Å². The molecule has 1 heteroatoms. The highest BCUT2D eigenvalue weighted by molar-refractivity contribution is 5.23. The summed E-state index contributed by atoms with van der Waals surface area (Å²) < 4.78 is 0. The molecule has 2 aliphatic rings. The van der Waals surface area contributed by atoms with Crippen molar-refractivity contribution in [2.45, 2.75) is 44.6 Å². The molecule has 0 spiro atoms. The molecule has 0 aromatic carbocycles. The van der Waals surface area contributed by atoms with E-state index in [1.165, 1.54) is 32.1 Å². The minimum atomic E-state index is 0.199. The molecule has 2 bridgehead atoms. The number of fused-ring (bicyclic) bond motifs is 2. The van der Waals surface area contributed by atoms with Crippen LogP contribution in [0.2, 0.25) is 0 Å². The van der Waals surface area contributed by atoms with E-state index in [2.05, 4.69) is 13.0 Å². The molecule has 2 unspecified atom stereocenters. The minimum absolute atomic E-state index is 0.199. The Morgan fingerprint density at radius 2 is 2.55 bits per heavy atom. The second kappa shape index (κ2) is 2.34. The van der Waals surface area contributed by atoms with Crippen molar-refractivity contribution in [3.8, 4) is 0 Å². The second-order valence-corrected chi connectivity index (χ2v) is 4.17. The predicted octanol–water partition coefficient (Wildman–Crippen LogP) is 2.22. The summed E-state index contributed by atoms with van der Waals surface area (Å²) in [5, 5.41) is 0. The summed E-state index contributed by atoms with van der Waals surface area (Å²) >= 11 is 0. The first-order chi connectivity index (χ1) is 5.23. The molecule has 2 rings (SSSR count). The topological polar surface area (TPSA) is 26.0 Å². The molecule has 2 atom stereocenters. The molecule has 1 saturated carbocycles. The summed E-state index contributed by atoms with van der Waals surface area (Å²) in [6.07, 6.45) is 8.58. The summed E-state index contributed by atoms with van der Waals surface area (Å²) in [5.74, 6) is 0.822. The predicted molar refractivity (Wildman–Crippen MR) is 47.3 cm³/mol. The number of hydrogen-bond donors (Lipinski definition) is 1. The van der Waals surface area contributed by atoms with Crippen LogP contribution in [0.5, 0.6) is 0 Å². The first kappa shape index (κ1) is 7.35. The van der Waals surface area contributed by atoms with E-state index in [1.807, 2.05) is 0 Å². The van der Waals surface area contributed by atoms with Crippen molar-refractivity contribution >= 4 is 0 Å². The molecule has 2 aliphatic carbocycles. The Morgan fingerprint density at radius 1 is 1.73 bits per heavy atom. The van der Waals surface area contributed by atoms with Crippen molar-refractivity contribution in [3.05, 3.63) is 11.6 Å². The summed E-state index contributed by atoms with van der Waals surface area (Å²) in [6.45, 7) is 2.27. The van der Waals surface area contributed by atoms with E-state index in [9.17, 15) is 0 Å². The third-order valence-corrected chi connectivity index (χ3v) is 3.28. The lowest BCUT2D eigenvalue weighted by molar-refractivity contribution is 0.385. The van der Waals surface area contributed by atoms with Gasteiger partial charge in [-0.1, -0.05) is 18.6 Å². The number of allylic oxidation sites excluding steroid dienone is 1. The van der Waals surface area contributed by atoms with Gasteiger partial charge in [-0.05, 0) is 38.0 Å². The standard InChI is InChI=1S/C10H17N/c1-2-8-6-10(11)5-3-4-9(8)7-10/h4,8H,2-3,5-7,11H2,1H3. The zero-order valence-corrected chi connectivity index (χ0v) is 7.27. The Bertz CT molecular complexity index is 195. The average molecular weight is 151 g/mol. The van der Waals surface area contributed by atoms with Gasteiger partial charge < -0.3 is 5.73 Å². The van der Waals surface area contributed by atoms with Crippen LogP contribution in [0.4, 0.5) is 0 Å². The largest absolute Gasteiger partial charge is 0.325 e. The van der Waals surface area contributed by atoms with Crippen LogP contribution in [0.1, 0.15) is 39.0 Å². The maximum Gasteiger partial charge on any atom is 0.0200 e. The molecule has 62 valence electrons. The van der Waals surface area contributed by atoms with Gasteiger partial charge in [-0.2, -0.15) is 0 Å². The van der Waals surface area contributed by atoms with Crippen LogP contribution in [0.15, 0.2) is 11.6 Å². The number of hydrogen-bond acceptors (Lipinski definition) is 1. The van der Waals surface area contributed by atoms with Gasteiger partial charge in [0.15, 0.2) is 0 Å². The second-order valence-electron chi connectivity index (χ2n) is 4.17. The van der Waals surface area contributed by atoms with Crippen molar-refractivity contribution in [3.63, 3.8) is 0 Å². The van der Waals surface area contributed by atoms with Gasteiger partial charge in [0.05, 0.1) is 0 Å². The van der Waals surface area contributed by atoms with Gasteiger partial charge in [0.25, 0.3) is 0 Å². The van der Waals surface area contributed by atoms with E-state index < -0.39 is 0 Å². The van der Waals surface area contributed by atoms with E-state index in [0.29, 0.717) is 0 Å². The van der Waals surface area contributed by atoms with Crippen molar-refractivity contribution in [1.29, 1.82) is 0 Å². The van der Waals surface area contributed by atoms with Crippen LogP contribution in [-0.4, -0.2) is 5.54 Å². The molecule has 0 aromatic rings. The van der Waals surface area contributed by atoms with Crippen LogP contribution in [0.25, 0.3) is 0 Å². The molecule has 0 radical (unpaired) electrons. The molecule has 11 heavy (non-hydrogen) atoms. The monoisotopic (exact) mass is 151 g/mol. The molecule has 2 N–H and O–H groups in total. The Hall–Kier alpha value is -0.300. The summed E-state index contributed by atoms with van der Waals surface area (Å²) in [7, 11) is 0. The van der Waals surface area contributed by atoms with Gasteiger partial charge >= 0.3 is 0 Å². The fraction of sp³-hybridized carbons (Fsp3) is 0.800. The SMILES string of the molecule is CCC1CC2(N)CCC=C1C2. The van der Waals surface area contributed by atoms with Gasteiger partial charge in [0.2, 0.25) is 0 Å². The Kier molecular flexibility index (Phi) is 1.57. The first-order valence-corrected chi connectivity index (χ1v) is 4.71. The van der Waals surface area contributed by atoms with Crippen LogP contribution < -0.4 is 5.73 Å². The summed E-state index contributed by atoms with van der Waals surface area (Å²) in [4.78, 5) is 0. The van der Waals surface area contributed by atoms with Gasteiger partial charge in [-0.3, -0.25) is 0 Å². The van der Waals surface area contributed by atoms with E-state index in [1.54, 1.807) is 5.57 Å². The molecule has 0 heterocycles. The van der Waals surface area contributed by atoms with Crippen molar-refractivity contribution in [2.75, 3.05) is 0 Å². The molecule has 1 nitrogen and oxygen atoms in total. The van der Waals surface area contributed by atoms with Gasteiger partial charge in [-0.15, -0.1) is 0 Å². The molecule has 0 saturated heterocycles. The first-order valence-electron chi connectivity index (χ1n) is 4.71. The van der Waals surface area contributed by atoms with E-state index in [0.717, 1.165) is 5.92 Å². The van der Waals surface area contributed by atoms with Gasteiger partial charge in [-0.25, -0.2) is 0 Å². The molecular formula is C10H17N. The molecule has 1 fully saturated rings. The maximum absolute atomic E-state index is 6.23. The van der Waals surface area contributed by atoms with E-state index in [4.69, 9.17) is 5.73 Å². The minimum Gasteiger partial charge on any atom is -0.325 e. The third kappa shape index (κ3) is 1.12. The van der Waals surface area contributed by atoms with Gasteiger partial charge in [0, 0.05) is 5.54 Å². The highest BCUT2D eigenvalue weighted by Gasteiger charge is 2.39. The van der Waals surface area contributed by atoms with Gasteiger partial charge in [0.1, 0.15) is 0 Å². The number of rotatable bonds is 1. The zero-order chi connectivity index (χ0) is 7.90. The lowest BCUT2D eigenvalue weighted by Crippen LogP contribution is -2.37. The lowest BCUT2D eigenvalue weighted by atomic mass is 9.89. The summed E-state index contributed by atoms with van der Waals surface area (Å²) in [6, 6.07) is 0. The lowest BCUT2D eigenvalue weighted by Gasteiger charge is -2.24. The highest BCUT2D eigenvalue weighted by Crippen LogP contribution is 2.44. The molecule has 0 aromatic heterocycles. The van der Waals surface area contributed by atoms with Crippen LogP contribution >= 0.6 is 0 Å². The Labute approximate surface area is 68.7 Å². The molecular weight excluding hydrogens is 134 g/mol. The fourth-order valence-electron chi connectivity index (χ4n) is 2.63. The van der Waals surface area contributed by atoms with Crippen molar-refractivity contribution < 1.29 is 0 Å². The highest BCUT2D eigenvalue weighted by atomic mass is 14.8. The quantitative estimate of drug-likeness (QED) is 0.571. The van der Waals surface area contributed by atoms with Crippen LogP contribution in [-0.2, 0) is 0 Å². The fourth-order valence-corrected chi connectivity index (χ4v) is 2.63. The Balaban J connectivity index is 2.22.